The molecule has 9 aliphatic rings. The normalized spacial score (nSPS) is 18.2. The smallest absolute Gasteiger partial charge is 0.210 e. The number of carbonyl (C=O) groups excluding carboxylic acids is 6. The van der Waals surface area contributed by atoms with Gasteiger partial charge in [-0.3, -0.25) is 28.8 Å². The summed E-state index contributed by atoms with van der Waals surface area (Å²) in [6.07, 6.45) is 17.3. The Hall–Kier alpha value is -16.6. The fraction of sp³-hybridized carbons (Fsp3) is 0.0579. The van der Waals surface area contributed by atoms with E-state index in [1.165, 1.54) is 174 Å². The van der Waals surface area contributed by atoms with E-state index in [-0.39, 0.29) is 34.7 Å². The van der Waals surface area contributed by atoms with Gasteiger partial charge >= 0.3 is 0 Å². The molecule has 6 bridgehead atoms. The molecule has 20 aromatic carbocycles. The van der Waals surface area contributed by atoms with Gasteiger partial charge in [0.15, 0.2) is 0 Å². The van der Waals surface area contributed by atoms with Crippen molar-refractivity contribution in [1.29, 1.82) is 0 Å². The third-order valence-electron chi connectivity index (χ3n) is 29.3. The second kappa shape index (κ2) is 27.7. The van der Waals surface area contributed by atoms with Gasteiger partial charge in [-0.2, -0.15) is 0 Å². The summed E-state index contributed by atoms with van der Waals surface area (Å²) < 4.78 is 6.98. The van der Waals surface area contributed by atoms with Crippen molar-refractivity contribution in [2.24, 2.45) is 42.6 Å². The highest BCUT2D eigenvalue weighted by Gasteiger charge is 2.43. The molecular formula is C121H73N3O6. The zero-order valence-electron chi connectivity index (χ0n) is 70.2. The number of aromatic nitrogens is 3. The molecule has 6 unspecified atom stereocenters. The lowest BCUT2D eigenvalue weighted by atomic mass is 9.72. The van der Waals surface area contributed by atoms with Crippen LogP contribution in [0.25, 0.3) is 224 Å². The van der Waals surface area contributed by atoms with Gasteiger partial charge in [-0.1, -0.05) is 322 Å². The number of para-hydroxylation sites is 5. The van der Waals surface area contributed by atoms with Crippen LogP contribution in [0.15, 0.2) is 388 Å². The molecule has 32 rings (SSSR count). The molecule has 9 heteroatoms. The molecule has 9 aliphatic carbocycles. The first-order valence-electron chi connectivity index (χ1n) is 44.6. The SMILES string of the molecule is Cn1c2ccccc2c2cc(-c3ccc4ccc5c(C6=CC7C=CC6C(=O)C7=O)ccc6ccc3c4c65)ccc21.O=C1C(=O)C2C=CC1C=C2c1ccc2ccc3c(-c4ccc(-n5c6ccccc6c6ccccc65)cc4)ccc4ccc1c2c43.O=C1C(=O)C2C=CC1C=C2c1ccc2ccc3c(-c4cccc(-n5c6ccccc6c6ccccc65)c4)ccc4ccc1c2c43. The highest BCUT2D eigenvalue weighted by molar-refractivity contribution is 6.46. The van der Waals surface area contributed by atoms with Crippen molar-refractivity contribution < 1.29 is 28.8 Å². The van der Waals surface area contributed by atoms with E-state index in [9.17, 15) is 28.8 Å². The van der Waals surface area contributed by atoms with Crippen molar-refractivity contribution >= 4 is 214 Å². The molecule has 0 saturated carbocycles. The van der Waals surface area contributed by atoms with Gasteiger partial charge in [0.25, 0.3) is 0 Å². The van der Waals surface area contributed by atoms with Crippen LogP contribution in [0.2, 0.25) is 0 Å². The van der Waals surface area contributed by atoms with Crippen molar-refractivity contribution in [3.8, 4) is 44.8 Å². The fourth-order valence-corrected chi connectivity index (χ4v) is 23.2. The van der Waals surface area contributed by atoms with Crippen molar-refractivity contribution in [1.82, 2.24) is 13.7 Å². The van der Waals surface area contributed by atoms with Gasteiger partial charge < -0.3 is 13.7 Å². The first-order chi connectivity index (χ1) is 63.9. The topological polar surface area (TPSA) is 117 Å². The minimum Gasteiger partial charge on any atom is -0.344 e. The minimum atomic E-state index is -0.500. The van der Waals surface area contributed by atoms with Crippen LogP contribution in [0.3, 0.4) is 0 Å². The molecule has 0 spiro atoms. The first-order valence-corrected chi connectivity index (χ1v) is 44.6. The second-order valence-corrected chi connectivity index (χ2v) is 35.8. The van der Waals surface area contributed by atoms with E-state index in [1.54, 1.807) is 0 Å². The summed E-state index contributed by atoms with van der Waals surface area (Å²) in [7, 11) is 2.13. The summed E-state index contributed by atoms with van der Waals surface area (Å²) in [4.78, 5) is 75.7. The average Bonchev–Trinajstić information content (AvgIpc) is 1.14. The van der Waals surface area contributed by atoms with Gasteiger partial charge in [0.1, 0.15) is 0 Å². The Kier molecular flexibility index (Phi) is 15.7. The molecule has 0 aliphatic heterocycles. The summed E-state index contributed by atoms with van der Waals surface area (Å²) in [6, 6.07) is 120. The molecule has 3 heterocycles. The molecule has 9 nitrogen and oxygen atoms in total. The predicted octanol–water partition coefficient (Wildman–Crippen LogP) is 27.6. The number of hydrogen-bond acceptors (Lipinski definition) is 6. The largest absolute Gasteiger partial charge is 0.344 e. The second-order valence-electron chi connectivity index (χ2n) is 35.8. The zero-order valence-corrected chi connectivity index (χ0v) is 70.2. The molecule has 0 radical (unpaired) electrons. The van der Waals surface area contributed by atoms with E-state index in [1.807, 2.05) is 54.7 Å². The predicted molar refractivity (Wildman–Crippen MR) is 532 cm³/mol. The van der Waals surface area contributed by atoms with E-state index in [2.05, 4.69) is 354 Å². The quantitative estimate of drug-likeness (QED) is 0.0850. The van der Waals surface area contributed by atoms with Crippen LogP contribution in [0.4, 0.5) is 0 Å². The van der Waals surface area contributed by atoms with Gasteiger partial charge in [0.05, 0.1) is 57.6 Å². The molecule has 0 saturated heterocycles. The lowest BCUT2D eigenvalue weighted by Gasteiger charge is -2.29. The average molecular weight is 1660 g/mol. The summed E-state index contributed by atoms with van der Waals surface area (Å²) in [6.45, 7) is 0. The third kappa shape index (κ3) is 10.6. The zero-order chi connectivity index (χ0) is 86.3. The van der Waals surface area contributed by atoms with Crippen molar-refractivity contribution in [2.45, 2.75) is 0 Å². The molecule has 23 aromatic rings. The maximum Gasteiger partial charge on any atom is 0.210 e. The minimum absolute atomic E-state index is 0.290. The molecular weight excluding hydrogens is 1590 g/mol. The van der Waals surface area contributed by atoms with Crippen LogP contribution in [0, 0.1) is 35.5 Å². The summed E-state index contributed by atoms with van der Waals surface area (Å²) in [5.74, 6) is -4.59. The highest BCUT2D eigenvalue weighted by atomic mass is 16.2. The molecule has 3 aromatic heterocycles. The lowest BCUT2D eigenvalue weighted by Crippen LogP contribution is -2.36. The Morgan fingerprint density at radius 2 is 0.485 bits per heavy atom. The fourth-order valence-electron chi connectivity index (χ4n) is 23.2. The van der Waals surface area contributed by atoms with Gasteiger partial charge in [-0.05, 0) is 230 Å². The van der Waals surface area contributed by atoms with Crippen LogP contribution in [0.1, 0.15) is 16.7 Å². The number of benzene rings is 20. The number of nitrogens with zero attached hydrogens (tertiary/aromatic N) is 3. The van der Waals surface area contributed by atoms with Crippen LogP contribution in [-0.4, -0.2) is 48.4 Å². The van der Waals surface area contributed by atoms with Crippen LogP contribution < -0.4 is 0 Å². The van der Waals surface area contributed by atoms with E-state index in [4.69, 9.17) is 0 Å². The Morgan fingerprint density at radius 1 is 0.200 bits per heavy atom. The Labute approximate surface area is 743 Å². The van der Waals surface area contributed by atoms with Crippen LogP contribution in [-0.2, 0) is 35.8 Å². The Balaban J connectivity index is 0.000000101. The number of ketones is 6. The van der Waals surface area contributed by atoms with Crippen molar-refractivity contribution in [3.05, 3.63) is 405 Å². The van der Waals surface area contributed by atoms with Gasteiger partial charge in [-0.15, -0.1) is 0 Å². The van der Waals surface area contributed by atoms with E-state index in [0.29, 0.717) is 0 Å². The lowest BCUT2D eigenvalue weighted by molar-refractivity contribution is -0.139. The highest BCUT2D eigenvalue weighted by Crippen LogP contribution is 2.51. The van der Waals surface area contributed by atoms with E-state index >= 15 is 0 Å². The number of Topliss-reactive ketones (excluding diaryl/α,β-unsaturated/α-hetero) is 6. The molecule has 130 heavy (non-hydrogen) atoms. The van der Waals surface area contributed by atoms with E-state index in [0.717, 1.165) is 66.5 Å². The molecule has 0 fully saturated rings. The van der Waals surface area contributed by atoms with Gasteiger partial charge in [0, 0.05) is 61.8 Å². The standard InChI is InChI=1S/2C42H25NO2.C37H23NO2/c44-41-27-16-21-35(42(41)45)36(23-27)30-18-13-25-14-19-33-29(17-12-24-15-20-34(30)40(25)39(24)33)26-6-5-7-28(22-26)43-37-10-3-1-8-31(37)32-9-2-4-11-38(32)43;44-41-27-15-22-35(42(41)45)36(23-27)30-19-12-26-13-20-33-29(18-11-25-14-21-34(30)40(26)39(25)33)24-9-16-28(17-10-24)43-37-7-3-1-5-31(37)32-6-2-4-8-38(32)43;1-38-32-5-3-2-4-26(32)31-18-22(11-17-33(31)38)24-12-6-20-9-15-28-25(13-7-21-8-14-27(24)34(20)35(21)28)30-19-23-10-16-29(30)37(40)36(23)39/h2*1-23,27,35H;2-19,23,29H,1H3. The number of hydrogen-bond donors (Lipinski definition) is 0. The number of aryl methyl sites for hydroxylation is 1. The molecule has 608 valence electrons. The van der Waals surface area contributed by atoms with Crippen LogP contribution >= 0.6 is 0 Å². The number of rotatable bonds is 8. The van der Waals surface area contributed by atoms with Gasteiger partial charge in [-0.25, -0.2) is 0 Å². The summed E-state index contributed by atoms with van der Waals surface area (Å²) in [5, 5.41) is 29.0. The summed E-state index contributed by atoms with van der Waals surface area (Å²) in [5.41, 5.74) is 22.6. The van der Waals surface area contributed by atoms with Crippen molar-refractivity contribution in [3.63, 3.8) is 0 Å². The Morgan fingerprint density at radius 3 is 0.846 bits per heavy atom. The first kappa shape index (κ1) is 73.7. The monoisotopic (exact) mass is 1660 g/mol. The molecule has 0 amide bonds. The maximum absolute atomic E-state index is 12.9. The third-order valence-corrected chi connectivity index (χ3v) is 29.3. The van der Waals surface area contributed by atoms with Crippen LogP contribution in [0.5, 0.6) is 0 Å². The molecule has 6 atom stereocenters. The maximum atomic E-state index is 12.9. The number of carbonyl (C=O) groups is 6. The number of fused-ring (bicyclic) bond motifs is 12. The van der Waals surface area contributed by atoms with E-state index < -0.39 is 35.5 Å². The van der Waals surface area contributed by atoms with Crippen molar-refractivity contribution in [2.75, 3.05) is 0 Å². The molecule has 0 N–H and O–H groups in total. The van der Waals surface area contributed by atoms with Gasteiger partial charge in [0.2, 0.25) is 34.7 Å². The summed E-state index contributed by atoms with van der Waals surface area (Å²) >= 11 is 0. The Bertz CT molecular complexity index is 9200. The number of allylic oxidation sites excluding steroid dienone is 12.